The number of nitrogens with zero attached hydrogens (tertiary/aromatic N) is 1. The third-order valence-electron chi connectivity index (χ3n) is 5.95. The maximum Gasteiger partial charge on any atom is 0.0469 e. The zero-order valence-electron chi connectivity index (χ0n) is 11.8. The fourth-order valence-electron chi connectivity index (χ4n) is 5.48. The van der Waals surface area contributed by atoms with Crippen molar-refractivity contribution in [2.75, 3.05) is 0 Å². The molecule has 4 saturated carbocycles. The first-order valence-corrected chi connectivity index (χ1v) is 7.90. The maximum absolute atomic E-state index is 5.72. The number of hydrogen-bond donors (Lipinski definition) is 1. The van der Waals surface area contributed by atoms with Crippen molar-refractivity contribution in [2.45, 2.75) is 51.5 Å². The minimum atomic E-state index is 0.607. The van der Waals surface area contributed by atoms with Crippen LogP contribution in [-0.2, 0) is 6.54 Å². The first-order valence-electron chi connectivity index (χ1n) is 7.90. The molecule has 2 nitrogen and oxygen atoms in total. The van der Waals surface area contributed by atoms with Gasteiger partial charge in [0, 0.05) is 24.4 Å². The number of nitrogens with two attached hydrogens (primary N) is 1. The Bertz CT molecular complexity index is 466. The minimum Gasteiger partial charge on any atom is -0.326 e. The van der Waals surface area contributed by atoms with E-state index in [4.69, 9.17) is 10.7 Å². The third kappa shape index (κ3) is 1.84. The van der Waals surface area contributed by atoms with E-state index in [9.17, 15) is 0 Å². The number of aromatic nitrogens is 1. The van der Waals surface area contributed by atoms with Crippen molar-refractivity contribution in [1.29, 1.82) is 0 Å². The first kappa shape index (κ1) is 11.9. The molecule has 1 heterocycles. The number of aryl methyl sites for hydroxylation is 1. The van der Waals surface area contributed by atoms with E-state index < -0.39 is 0 Å². The molecule has 4 fully saturated rings. The Labute approximate surface area is 115 Å². The van der Waals surface area contributed by atoms with Gasteiger partial charge in [0.2, 0.25) is 0 Å². The number of rotatable bonds is 2. The van der Waals surface area contributed by atoms with Gasteiger partial charge < -0.3 is 5.73 Å². The largest absolute Gasteiger partial charge is 0.326 e. The second-order valence-corrected chi connectivity index (χ2v) is 7.21. The van der Waals surface area contributed by atoms with Crippen LogP contribution in [0.2, 0.25) is 0 Å². The van der Waals surface area contributed by atoms with Gasteiger partial charge in [0.1, 0.15) is 0 Å². The van der Waals surface area contributed by atoms with Crippen LogP contribution in [0.4, 0.5) is 0 Å². The molecule has 4 bridgehead atoms. The van der Waals surface area contributed by atoms with Crippen molar-refractivity contribution < 1.29 is 0 Å². The molecule has 2 N–H and O–H groups in total. The smallest absolute Gasteiger partial charge is 0.0469 e. The predicted octanol–water partition coefficient (Wildman–Crippen LogP) is 3.39. The highest BCUT2D eigenvalue weighted by Gasteiger charge is 2.49. The van der Waals surface area contributed by atoms with Crippen molar-refractivity contribution in [3.63, 3.8) is 0 Å². The van der Waals surface area contributed by atoms with E-state index in [0.717, 1.165) is 29.6 Å². The van der Waals surface area contributed by atoms with Gasteiger partial charge in [0.25, 0.3) is 0 Å². The molecule has 0 atom stereocenters. The minimum absolute atomic E-state index is 0.607. The van der Waals surface area contributed by atoms with E-state index in [2.05, 4.69) is 13.0 Å². The first-order chi connectivity index (χ1) is 9.24. The van der Waals surface area contributed by atoms with Crippen LogP contribution >= 0.6 is 0 Å². The van der Waals surface area contributed by atoms with Crippen LogP contribution in [0.15, 0.2) is 12.3 Å². The Balaban J connectivity index is 1.69. The quantitative estimate of drug-likeness (QED) is 0.881. The van der Waals surface area contributed by atoms with Gasteiger partial charge in [0.15, 0.2) is 0 Å². The van der Waals surface area contributed by atoms with Crippen molar-refractivity contribution >= 4 is 0 Å². The fourth-order valence-corrected chi connectivity index (χ4v) is 5.48. The lowest BCUT2D eigenvalue weighted by atomic mass is 9.51. The Morgan fingerprint density at radius 2 is 1.74 bits per heavy atom. The molecule has 1 aromatic heterocycles. The lowest BCUT2D eigenvalue weighted by Crippen LogP contribution is -2.44. The van der Waals surface area contributed by atoms with Crippen molar-refractivity contribution in [2.24, 2.45) is 29.4 Å². The van der Waals surface area contributed by atoms with Crippen LogP contribution < -0.4 is 5.73 Å². The Morgan fingerprint density at radius 1 is 1.11 bits per heavy atom. The molecule has 102 valence electrons. The van der Waals surface area contributed by atoms with Gasteiger partial charge in [0.05, 0.1) is 0 Å². The molecule has 0 amide bonds. The summed E-state index contributed by atoms with van der Waals surface area (Å²) in [5.74, 6) is 4.68. The highest BCUT2D eigenvalue weighted by molar-refractivity contribution is 5.29. The van der Waals surface area contributed by atoms with Crippen LogP contribution in [0.1, 0.15) is 54.8 Å². The summed E-state index contributed by atoms with van der Waals surface area (Å²) in [6.45, 7) is 2.84. The number of hydrogen-bond acceptors (Lipinski definition) is 2. The van der Waals surface area contributed by atoms with E-state index in [0.29, 0.717) is 6.54 Å². The van der Waals surface area contributed by atoms with Gasteiger partial charge >= 0.3 is 0 Å². The SMILES string of the molecule is Cc1cc(CN)cnc1C1C2CC3CC(C2)CC1C3. The Morgan fingerprint density at radius 3 is 2.26 bits per heavy atom. The third-order valence-corrected chi connectivity index (χ3v) is 5.95. The summed E-state index contributed by atoms with van der Waals surface area (Å²) in [5, 5.41) is 0. The lowest BCUT2D eigenvalue weighted by Gasteiger charge is -2.54. The number of pyridine rings is 1. The van der Waals surface area contributed by atoms with Crippen LogP contribution in [-0.4, -0.2) is 4.98 Å². The molecule has 5 rings (SSSR count). The van der Waals surface area contributed by atoms with Gasteiger partial charge in [-0.2, -0.15) is 0 Å². The van der Waals surface area contributed by atoms with E-state index >= 15 is 0 Å². The van der Waals surface area contributed by atoms with E-state index in [-0.39, 0.29) is 0 Å². The van der Waals surface area contributed by atoms with Crippen LogP contribution in [0.3, 0.4) is 0 Å². The van der Waals surface area contributed by atoms with Crippen LogP contribution in [0.5, 0.6) is 0 Å². The average Bonchev–Trinajstić information content (AvgIpc) is 2.39. The molecule has 4 aliphatic carbocycles. The summed E-state index contributed by atoms with van der Waals surface area (Å²) in [5.41, 5.74) is 9.66. The van der Waals surface area contributed by atoms with E-state index in [1.807, 2.05) is 6.20 Å². The molecule has 0 aliphatic heterocycles. The lowest BCUT2D eigenvalue weighted by molar-refractivity contribution is -0.00438. The van der Waals surface area contributed by atoms with Gasteiger partial charge in [-0.1, -0.05) is 6.07 Å². The molecule has 0 radical (unpaired) electrons. The second-order valence-electron chi connectivity index (χ2n) is 7.21. The summed E-state index contributed by atoms with van der Waals surface area (Å²) in [7, 11) is 0. The summed E-state index contributed by atoms with van der Waals surface area (Å²) < 4.78 is 0. The second kappa shape index (κ2) is 4.31. The molecule has 19 heavy (non-hydrogen) atoms. The van der Waals surface area contributed by atoms with Gasteiger partial charge in [-0.3, -0.25) is 4.98 Å². The van der Waals surface area contributed by atoms with Crippen LogP contribution in [0, 0.1) is 30.6 Å². The summed E-state index contributed by atoms with van der Waals surface area (Å²) >= 11 is 0. The highest BCUT2D eigenvalue weighted by atomic mass is 14.7. The molecule has 0 saturated heterocycles. The molecular weight excluding hydrogens is 232 g/mol. The monoisotopic (exact) mass is 256 g/mol. The van der Waals surface area contributed by atoms with Gasteiger partial charge in [-0.05, 0) is 73.8 Å². The van der Waals surface area contributed by atoms with Crippen LogP contribution in [0.25, 0.3) is 0 Å². The standard InChI is InChI=1S/C17H24N2/c1-10-2-13(8-18)9-19-17(10)16-14-4-11-3-12(6-14)7-15(16)5-11/h2,9,11-12,14-16H,3-8,18H2,1H3. The maximum atomic E-state index is 5.72. The fraction of sp³-hybridized carbons (Fsp3) is 0.706. The summed E-state index contributed by atoms with van der Waals surface area (Å²) in [6.07, 6.45) is 9.41. The average molecular weight is 256 g/mol. The van der Waals surface area contributed by atoms with E-state index in [1.54, 1.807) is 0 Å². The molecule has 1 aromatic rings. The van der Waals surface area contributed by atoms with Crippen molar-refractivity contribution in [3.05, 3.63) is 29.1 Å². The molecule has 0 aromatic carbocycles. The highest BCUT2D eigenvalue weighted by Crippen LogP contribution is 2.59. The van der Waals surface area contributed by atoms with Gasteiger partial charge in [-0.25, -0.2) is 0 Å². The predicted molar refractivity (Wildman–Crippen MR) is 76.7 cm³/mol. The van der Waals surface area contributed by atoms with Crippen molar-refractivity contribution in [3.8, 4) is 0 Å². The zero-order chi connectivity index (χ0) is 13.0. The molecule has 4 aliphatic rings. The van der Waals surface area contributed by atoms with E-state index in [1.165, 1.54) is 48.9 Å². The molecular formula is C17H24N2. The molecule has 0 unspecified atom stereocenters. The Hall–Kier alpha value is -0.890. The Kier molecular flexibility index (Phi) is 2.70. The van der Waals surface area contributed by atoms with Crippen molar-refractivity contribution in [1.82, 2.24) is 4.98 Å². The summed E-state index contributed by atoms with van der Waals surface area (Å²) in [6, 6.07) is 2.26. The summed E-state index contributed by atoms with van der Waals surface area (Å²) in [4.78, 5) is 4.82. The molecule has 2 heteroatoms. The molecule has 0 spiro atoms. The van der Waals surface area contributed by atoms with Gasteiger partial charge in [-0.15, -0.1) is 0 Å². The normalized spacial score (nSPS) is 39.8. The zero-order valence-corrected chi connectivity index (χ0v) is 11.8. The topological polar surface area (TPSA) is 38.9 Å².